The Hall–Kier alpha value is -0.780. The van der Waals surface area contributed by atoms with E-state index in [1.807, 2.05) is 19.2 Å². The maximum absolute atomic E-state index is 11.8. The second kappa shape index (κ2) is 5.95. The van der Waals surface area contributed by atoms with Crippen LogP contribution in [-0.2, 0) is 4.79 Å². The number of halogens is 3. The number of nitrogens with one attached hydrogen (secondary N) is 2. The van der Waals surface area contributed by atoms with Crippen LogP contribution in [0.2, 0.25) is 0 Å². The van der Waals surface area contributed by atoms with Crippen molar-refractivity contribution in [1.82, 2.24) is 10.6 Å². The molecule has 15 heavy (non-hydrogen) atoms. The average molecular weight is 226 g/mol. The highest BCUT2D eigenvalue weighted by Gasteiger charge is 2.29. The first-order valence-corrected chi connectivity index (χ1v) is 4.78. The van der Waals surface area contributed by atoms with E-state index in [9.17, 15) is 18.0 Å². The SMILES string of the molecule is CN[C@@H](CC(C)C)C(=O)NCC(F)(F)F. The molecule has 0 spiro atoms. The van der Waals surface area contributed by atoms with Gasteiger partial charge in [0.1, 0.15) is 6.54 Å². The first kappa shape index (κ1) is 14.2. The zero-order valence-electron chi connectivity index (χ0n) is 9.11. The average Bonchev–Trinajstić information content (AvgIpc) is 2.08. The lowest BCUT2D eigenvalue weighted by atomic mass is 10.0. The molecule has 1 atom stereocenters. The second-order valence-electron chi connectivity index (χ2n) is 3.80. The highest BCUT2D eigenvalue weighted by atomic mass is 19.4. The van der Waals surface area contributed by atoms with E-state index in [2.05, 4.69) is 5.32 Å². The van der Waals surface area contributed by atoms with E-state index in [1.54, 1.807) is 7.05 Å². The Morgan fingerprint density at radius 1 is 1.33 bits per heavy atom. The molecule has 1 amide bonds. The highest BCUT2D eigenvalue weighted by Crippen LogP contribution is 2.12. The Kier molecular flexibility index (Phi) is 5.64. The second-order valence-corrected chi connectivity index (χ2v) is 3.80. The van der Waals surface area contributed by atoms with Gasteiger partial charge in [-0.25, -0.2) is 0 Å². The van der Waals surface area contributed by atoms with Crippen LogP contribution in [0.3, 0.4) is 0 Å². The summed E-state index contributed by atoms with van der Waals surface area (Å²) in [7, 11) is 1.56. The molecule has 0 fully saturated rings. The van der Waals surface area contributed by atoms with Crippen molar-refractivity contribution in [3.63, 3.8) is 0 Å². The summed E-state index contributed by atoms with van der Waals surface area (Å²) >= 11 is 0. The Labute approximate surface area is 87.4 Å². The largest absolute Gasteiger partial charge is 0.405 e. The number of amides is 1. The minimum absolute atomic E-state index is 0.249. The van der Waals surface area contributed by atoms with Gasteiger partial charge in [-0.1, -0.05) is 13.8 Å². The number of hydrogen-bond donors (Lipinski definition) is 2. The van der Waals surface area contributed by atoms with Gasteiger partial charge in [-0.15, -0.1) is 0 Å². The van der Waals surface area contributed by atoms with Gasteiger partial charge in [0.25, 0.3) is 0 Å². The minimum Gasteiger partial charge on any atom is -0.346 e. The summed E-state index contributed by atoms with van der Waals surface area (Å²) in [5, 5.41) is 4.54. The van der Waals surface area contributed by atoms with Crippen molar-refractivity contribution in [2.24, 2.45) is 5.92 Å². The van der Waals surface area contributed by atoms with Crippen LogP contribution in [0, 0.1) is 5.92 Å². The normalized spacial score (nSPS) is 14.1. The maximum atomic E-state index is 11.8. The van der Waals surface area contributed by atoms with Crippen molar-refractivity contribution in [3.8, 4) is 0 Å². The molecule has 0 heterocycles. The Balaban J connectivity index is 4.05. The molecule has 0 aliphatic heterocycles. The first-order valence-electron chi connectivity index (χ1n) is 4.78. The molecule has 0 radical (unpaired) electrons. The molecule has 0 saturated carbocycles. The molecule has 0 unspecified atom stereocenters. The number of likely N-dealkylation sites (N-methyl/N-ethyl adjacent to an activating group) is 1. The summed E-state index contributed by atoms with van der Waals surface area (Å²) < 4.78 is 35.4. The van der Waals surface area contributed by atoms with Crippen LogP contribution >= 0.6 is 0 Å². The molecule has 0 aromatic carbocycles. The summed E-state index contributed by atoms with van der Waals surface area (Å²) in [6.07, 6.45) is -3.84. The summed E-state index contributed by atoms with van der Waals surface area (Å²) in [4.78, 5) is 11.3. The van der Waals surface area contributed by atoms with Gasteiger partial charge >= 0.3 is 6.18 Å². The fraction of sp³-hybridized carbons (Fsp3) is 0.889. The van der Waals surface area contributed by atoms with Gasteiger partial charge in [0.2, 0.25) is 5.91 Å². The quantitative estimate of drug-likeness (QED) is 0.742. The van der Waals surface area contributed by atoms with Crippen LogP contribution < -0.4 is 10.6 Å². The molecule has 0 bridgehead atoms. The molecule has 3 nitrogen and oxygen atoms in total. The van der Waals surface area contributed by atoms with Crippen LogP contribution in [0.4, 0.5) is 13.2 Å². The van der Waals surface area contributed by atoms with E-state index in [4.69, 9.17) is 0 Å². The van der Waals surface area contributed by atoms with Crippen molar-refractivity contribution in [1.29, 1.82) is 0 Å². The summed E-state index contributed by atoms with van der Waals surface area (Å²) in [6, 6.07) is -0.563. The molecule has 0 aliphatic carbocycles. The van der Waals surface area contributed by atoms with E-state index >= 15 is 0 Å². The molecular weight excluding hydrogens is 209 g/mol. The standard InChI is InChI=1S/C9H17F3N2O/c1-6(2)4-7(13-3)8(15)14-5-9(10,11)12/h6-7,13H,4-5H2,1-3H3,(H,14,15)/t7-/m0/s1. The third-order valence-electron chi connectivity index (χ3n) is 1.84. The molecule has 6 heteroatoms. The molecule has 0 saturated heterocycles. The third kappa shape index (κ3) is 7.18. The van der Waals surface area contributed by atoms with Crippen molar-refractivity contribution >= 4 is 5.91 Å². The molecule has 0 aromatic rings. The van der Waals surface area contributed by atoms with Gasteiger partial charge in [0.15, 0.2) is 0 Å². The Bertz CT molecular complexity index is 204. The fourth-order valence-electron chi connectivity index (χ4n) is 1.14. The fourth-order valence-corrected chi connectivity index (χ4v) is 1.14. The minimum atomic E-state index is -4.36. The number of carbonyl (C=O) groups is 1. The Morgan fingerprint density at radius 2 is 1.87 bits per heavy atom. The number of rotatable bonds is 5. The van der Waals surface area contributed by atoms with Gasteiger partial charge in [-0.2, -0.15) is 13.2 Å². The zero-order chi connectivity index (χ0) is 12.1. The summed E-state index contributed by atoms with van der Waals surface area (Å²) in [5.74, 6) is -0.359. The summed E-state index contributed by atoms with van der Waals surface area (Å²) in [6.45, 7) is 2.53. The van der Waals surface area contributed by atoms with Gasteiger partial charge in [-0.05, 0) is 19.4 Å². The predicted octanol–water partition coefficient (Wildman–Crippen LogP) is 1.30. The van der Waals surface area contributed by atoms with Gasteiger partial charge in [-0.3, -0.25) is 4.79 Å². The van der Waals surface area contributed by atoms with Crippen LogP contribution in [0.15, 0.2) is 0 Å². The maximum Gasteiger partial charge on any atom is 0.405 e. The Morgan fingerprint density at radius 3 is 2.20 bits per heavy atom. The van der Waals surface area contributed by atoms with Gasteiger partial charge < -0.3 is 10.6 Å². The van der Waals surface area contributed by atoms with Crippen molar-refractivity contribution < 1.29 is 18.0 Å². The summed E-state index contributed by atoms with van der Waals surface area (Å²) in [5.41, 5.74) is 0. The molecule has 0 rings (SSSR count). The van der Waals surface area contributed by atoms with Crippen molar-refractivity contribution in [2.45, 2.75) is 32.5 Å². The first-order chi connectivity index (χ1) is 6.76. The number of carbonyl (C=O) groups excluding carboxylic acids is 1. The molecule has 0 aliphatic rings. The van der Waals surface area contributed by atoms with E-state index in [0.29, 0.717) is 6.42 Å². The molecule has 0 aromatic heterocycles. The van der Waals surface area contributed by atoms with Crippen LogP contribution in [0.5, 0.6) is 0 Å². The third-order valence-corrected chi connectivity index (χ3v) is 1.84. The van der Waals surface area contributed by atoms with E-state index in [0.717, 1.165) is 0 Å². The molecule has 90 valence electrons. The van der Waals surface area contributed by atoms with E-state index in [1.165, 1.54) is 0 Å². The lowest BCUT2D eigenvalue weighted by Crippen LogP contribution is -2.46. The zero-order valence-corrected chi connectivity index (χ0v) is 9.11. The lowest BCUT2D eigenvalue weighted by Gasteiger charge is -2.18. The van der Waals surface area contributed by atoms with Crippen LogP contribution in [0.1, 0.15) is 20.3 Å². The lowest BCUT2D eigenvalue weighted by molar-refractivity contribution is -0.139. The number of hydrogen-bond acceptors (Lipinski definition) is 2. The van der Waals surface area contributed by atoms with Crippen molar-refractivity contribution in [3.05, 3.63) is 0 Å². The smallest absolute Gasteiger partial charge is 0.346 e. The van der Waals surface area contributed by atoms with E-state index in [-0.39, 0.29) is 5.92 Å². The molecule has 2 N–H and O–H groups in total. The van der Waals surface area contributed by atoms with Crippen LogP contribution in [-0.4, -0.2) is 31.7 Å². The monoisotopic (exact) mass is 226 g/mol. The van der Waals surface area contributed by atoms with Gasteiger partial charge in [0.05, 0.1) is 6.04 Å². The predicted molar refractivity (Wildman–Crippen MR) is 51.4 cm³/mol. The highest BCUT2D eigenvalue weighted by molar-refractivity contribution is 5.81. The van der Waals surface area contributed by atoms with Crippen molar-refractivity contribution in [2.75, 3.05) is 13.6 Å². The van der Waals surface area contributed by atoms with E-state index < -0.39 is 24.7 Å². The topological polar surface area (TPSA) is 41.1 Å². The van der Waals surface area contributed by atoms with Gasteiger partial charge in [0, 0.05) is 0 Å². The van der Waals surface area contributed by atoms with Crippen LogP contribution in [0.25, 0.3) is 0 Å². The number of alkyl halides is 3. The molecular formula is C9H17F3N2O.